The number of aromatic nitrogens is 4. The van der Waals surface area contributed by atoms with E-state index >= 15 is 0 Å². The number of nitrogens with one attached hydrogen (secondary N) is 1. The molecule has 180 valence electrons. The molecule has 0 atom stereocenters. The van der Waals surface area contributed by atoms with Crippen molar-refractivity contribution in [1.29, 1.82) is 0 Å². The standard InChI is InChI=1S/C22H22ClF2N5O3S/c1-12-7-14(15-8-18(23)27-10-17(15)32-2)16(9-26-12)19(31)28-20-29-30-21(34-20)33-11-13-3-5-22(24,25)6-4-13/h7-10,13H,3-6,11H2,1-2H3,(H,28,29,31). The zero-order chi connectivity index (χ0) is 24.3. The van der Waals surface area contributed by atoms with Gasteiger partial charge >= 0.3 is 0 Å². The quantitative estimate of drug-likeness (QED) is 0.424. The summed E-state index contributed by atoms with van der Waals surface area (Å²) in [5, 5.41) is 11.3. The van der Waals surface area contributed by atoms with Crippen LogP contribution in [0.2, 0.25) is 5.15 Å². The number of carbonyl (C=O) groups excluding carboxylic acids is 1. The Morgan fingerprint density at radius 1 is 1.21 bits per heavy atom. The maximum atomic E-state index is 13.3. The average molecular weight is 510 g/mol. The van der Waals surface area contributed by atoms with Crippen molar-refractivity contribution in [1.82, 2.24) is 20.2 Å². The molecule has 1 aliphatic carbocycles. The molecular weight excluding hydrogens is 488 g/mol. The first-order valence-electron chi connectivity index (χ1n) is 10.6. The summed E-state index contributed by atoms with van der Waals surface area (Å²) in [6.45, 7) is 2.09. The Hall–Kier alpha value is -2.92. The lowest BCUT2D eigenvalue weighted by atomic mass is 9.87. The summed E-state index contributed by atoms with van der Waals surface area (Å²) in [7, 11) is 1.50. The van der Waals surface area contributed by atoms with E-state index in [1.54, 1.807) is 12.1 Å². The summed E-state index contributed by atoms with van der Waals surface area (Å²) >= 11 is 7.14. The molecular formula is C22H22ClF2N5O3S. The molecule has 1 amide bonds. The maximum Gasteiger partial charge on any atom is 0.295 e. The first-order chi connectivity index (χ1) is 16.2. The topological polar surface area (TPSA) is 99.1 Å². The number of anilines is 1. The van der Waals surface area contributed by atoms with Gasteiger partial charge in [-0.2, -0.15) is 0 Å². The van der Waals surface area contributed by atoms with Gasteiger partial charge in [0.15, 0.2) is 0 Å². The molecule has 12 heteroatoms. The van der Waals surface area contributed by atoms with Crippen molar-refractivity contribution in [3.63, 3.8) is 0 Å². The number of pyridine rings is 2. The Balaban J connectivity index is 1.46. The van der Waals surface area contributed by atoms with Gasteiger partial charge < -0.3 is 9.47 Å². The lowest BCUT2D eigenvalue weighted by Gasteiger charge is -2.27. The molecule has 1 fully saturated rings. The van der Waals surface area contributed by atoms with Crippen LogP contribution in [0.4, 0.5) is 13.9 Å². The molecule has 3 heterocycles. The highest BCUT2D eigenvalue weighted by atomic mass is 35.5. The number of methoxy groups -OCH3 is 1. The van der Waals surface area contributed by atoms with E-state index in [2.05, 4.69) is 25.5 Å². The van der Waals surface area contributed by atoms with Gasteiger partial charge in [-0.15, -0.1) is 5.10 Å². The van der Waals surface area contributed by atoms with Gasteiger partial charge in [0.25, 0.3) is 11.1 Å². The Bertz CT molecular complexity index is 1180. The van der Waals surface area contributed by atoms with Crippen LogP contribution in [-0.2, 0) is 0 Å². The second kappa shape index (κ2) is 10.1. The van der Waals surface area contributed by atoms with E-state index in [4.69, 9.17) is 21.1 Å². The summed E-state index contributed by atoms with van der Waals surface area (Å²) in [5.74, 6) is -2.53. The fourth-order valence-electron chi connectivity index (χ4n) is 3.69. The number of alkyl halides is 2. The number of ether oxygens (including phenoxy) is 2. The molecule has 3 aromatic rings. The third-order valence-corrected chi connectivity index (χ3v) is 6.49. The summed E-state index contributed by atoms with van der Waals surface area (Å²) in [5.41, 5.74) is 2.15. The third-order valence-electron chi connectivity index (χ3n) is 5.54. The van der Waals surface area contributed by atoms with E-state index in [0.717, 1.165) is 11.3 Å². The molecule has 0 radical (unpaired) electrons. The van der Waals surface area contributed by atoms with Gasteiger partial charge in [-0.05, 0) is 49.2 Å². The highest BCUT2D eigenvalue weighted by molar-refractivity contribution is 7.17. The summed E-state index contributed by atoms with van der Waals surface area (Å²) < 4.78 is 37.6. The third kappa shape index (κ3) is 5.76. The van der Waals surface area contributed by atoms with Crippen molar-refractivity contribution in [3.8, 4) is 22.1 Å². The van der Waals surface area contributed by atoms with Crippen LogP contribution in [0.1, 0.15) is 41.7 Å². The van der Waals surface area contributed by atoms with E-state index in [-0.39, 0.29) is 46.4 Å². The monoisotopic (exact) mass is 509 g/mol. The van der Waals surface area contributed by atoms with Gasteiger partial charge in [0.05, 0.1) is 25.5 Å². The van der Waals surface area contributed by atoms with E-state index in [9.17, 15) is 13.6 Å². The zero-order valence-electron chi connectivity index (χ0n) is 18.5. The van der Waals surface area contributed by atoms with Crippen molar-refractivity contribution in [2.45, 2.75) is 38.5 Å². The minimum absolute atomic E-state index is 0.0462. The van der Waals surface area contributed by atoms with Gasteiger partial charge in [-0.1, -0.05) is 16.7 Å². The Labute approximate surface area is 203 Å². The molecule has 1 saturated carbocycles. The van der Waals surface area contributed by atoms with Crippen LogP contribution >= 0.6 is 22.9 Å². The smallest absolute Gasteiger partial charge is 0.295 e. The van der Waals surface area contributed by atoms with Crippen LogP contribution < -0.4 is 14.8 Å². The van der Waals surface area contributed by atoms with Crippen molar-refractivity contribution in [2.24, 2.45) is 5.92 Å². The van der Waals surface area contributed by atoms with E-state index in [1.807, 2.05) is 6.92 Å². The lowest BCUT2D eigenvalue weighted by Crippen LogP contribution is -2.27. The lowest BCUT2D eigenvalue weighted by molar-refractivity contribution is -0.0498. The van der Waals surface area contributed by atoms with Crippen LogP contribution in [0.15, 0.2) is 24.5 Å². The van der Waals surface area contributed by atoms with Gasteiger partial charge in [-0.25, -0.2) is 13.8 Å². The summed E-state index contributed by atoms with van der Waals surface area (Å²) in [4.78, 5) is 21.3. The largest absolute Gasteiger partial charge is 0.494 e. The maximum absolute atomic E-state index is 13.3. The normalized spacial score (nSPS) is 15.7. The van der Waals surface area contributed by atoms with Gasteiger partial charge in [0.1, 0.15) is 10.9 Å². The summed E-state index contributed by atoms with van der Waals surface area (Å²) in [6, 6.07) is 3.37. The number of hydrogen-bond acceptors (Lipinski definition) is 8. The highest BCUT2D eigenvalue weighted by Crippen LogP contribution is 2.37. The molecule has 4 rings (SSSR count). The molecule has 0 saturated heterocycles. The molecule has 8 nitrogen and oxygen atoms in total. The minimum Gasteiger partial charge on any atom is -0.494 e. The van der Waals surface area contributed by atoms with Gasteiger partial charge in [0.2, 0.25) is 11.1 Å². The molecule has 0 spiro atoms. The molecule has 34 heavy (non-hydrogen) atoms. The van der Waals surface area contributed by atoms with E-state index in [1.165, 1.54) is 19.5 Å². The summed E-state index contributed by atoms with van der Waals surface area (Å²) in [6.07, 6.45) is 3.50. The first-order valence-corrected chi connectivity index (χ1v) is 11.8. The average Bonchev–Trinajstić information content (AvgIpc) is 3.25. The number of rotatable bonds is 7. The van der Waals surface area contributed by atoms with Crippen molar-refractivity contribution in [3.05, 3.63) is 40.9 Å². The number of nitrogens with zero attached hydrogens (tertiary/aromatic N) is 4. The second-order valence-corrected chi connectivity index (χ2v) is 9.34. The minimum atomic E-state index is -2.58. The number of carbonyl (C=O) groups is 1. The molecule has 0 aromatic carbocycles. The molecule has 0 unspecified atom stereocenters. The Morgan fingerprint density at radius 3 is 2.71 bits per heavy atom. The molecule has 0 aliphatic heterocycles. The van der Waals surface area contributed by atoms with Crippen LogP contribution in [-0.4, -0.2) is 45.7 Å². The number of amides is 1. The first kappa shape index (κ1) is 24.2. The fraction of sp³-hybridized carbons (Fsp3) is 0.409. The molecule has 0 bridgehead atoms. The van der Waals surface area contributed by atoms with Crippen LogP contribution in [0.3, 0.4) is 0 Å². The highest BCUT2D eigenvalue weighted by Gasteiger charge is 2.35. The number of halogens is 3. The van der Waals surface area contributed by atoms with E-state index < -0.39 is 11.8 Å². The van der Waals surface area contributed by atoms with Crippen LogP contribution in [0.5, 0.6) is 10.9 Å². The van der Waals surface area contributed by atoms with Gasteiger partial charge in [-0.3, -0.25) is 15.1 Å². The van der Waals surface area contributed by atoms with Crippen LogP contribution in [0, 0.1) is 12.8 Å². The molecule has 3 aromatic heterocycles. The number of hydrogen-bond donors (Lipinski definition) is 1. The molecule has 1 N–H and O–H groups in total. The zero-order valence-corrected chi connectivity index (χ0v) is 20.1. The SMILES string of the molecule is COc1cnc(Cl)cc1-c1cc(C)ncc1C(=O)Nc1nnc(OCC2CCC(F)(F)CC2)s1. The predicted molar refractivity (Wildman–Crippen MR) is 124 cm³/mol. The van der Waals surface area contributed by atoms with Crippen molar-refractivity contribution >= 4 is 34.0 Å². The van der Waals surface area contributed by atoms with E-state index in [0.29, 0.717) is 35.4 Å². The Morgan fingerprint density at radius 2 is 1.97 bits per heavy atom. The predicted octanol–water partition coefficient (Wildman–Crippen LogP) is 5.42. The van der Waals surface area contributed by atoms with Crippen molar-refractivity contribution in [2.75, 3.05) is 19.0 Å². The Kier molecular flexibility index (Phi) is 7.22. The van der Waals surface area contributed by atoms with Gasteiger partial charge in [0, 0.05) is 35.9 Å². The molecule has 1 aliphatic rings. The fourth-order valence-corrected chi connectivity index (χ4v) is 4.45. The van der Waals surface area contributed by atoms with Crippen LogP contribution in [0.25, 0.3) is 11.1 Å². The second-order valence-electron chi connectivity index (χ2n) is 8.02. The van der Waals surface area contributed by atoms with Crippen molar-refractivity contribution < 1.29 is 23.0 Å². The number of aryl methyl sites for hydroxylation is 1.